The lowest BCUT2D eigenvalue weighted by molar-refractivity contribution is -0.134. The van der Waals surface area contributed by atoms with E-state index in [1.165, 1.54) is 0 Å². The summed E-state index contributed by atoms with van der Waals surface area (Å²) in [7, 11) is -4.49. The van der Waals surface area contributed by atoms with Crippen LogP contribution in [-0.2, 0) is 13.8 Å². The molecule has 8 unspecified atom stereocenters. The number of amides is 1. The number of fused-ring (bicyclic) bond motifs is 5. The fraction of sp³-hybridized carbons (Fsp3) is 0.958. The molecule has 8 atom stereocenters. The van der Waals surface area contributed by atoms with Crippen molar-refractivity contribution in [2.45, 2.75) is 83.8 Å². The fourth-order valence-electron chi connectivity index (χ4n) is 8.33. The van der Waals surface area contributed by atoms with Gasteiger partial charge in [0, 0.05) is 24.8 Å². The molecule has 0 aromatic carbocycles. The van der Waals surface area contributed by atoms with Crippen LogP contribution in [0.1, 0.15) is 71.6 Å². The molecule has 4 saturated carbocycles. The van der Waals surface area contributed by atoms with Crippen molar-refractivity contribution in [1.29, 1.82) is 0 Å². The average Bonchev–Trinajstić information content (AvgIpc) is 3.08. The first-order valence-corrected chi connectivity index (χ1v) is 15.4. The molecule has 0 aliphatic heterocycles. The SMILES string of the molecule is CC12CCC(OC(=O)N(CCCl)CCCl)CC1CCC1C2CCC2(C)C(OP(=O)(O)O)CCC12. The number of hydrogen-bond acceptors (Lipinski definition) is 4. The maximum atomic E-state index is 12.7. The summed E-state index contributed by atoms with van der Waals surface area (Å²) in [5.74, 6) is 2.89. The van der Waals surface area contributed by atoms with Gasteiger partial charge in [-0.1, -0.05) is 13.8 Å². The zero-order valence-electron chi connectivity index (χ0n) is 20.3. The summed E-state index contributed by atoms with van der Waals surface area (Å²) < 4.78 is 22.8. The largest absolute Gasteiger partial charge is 0.469 e. The Balaban J connectivity index is 1.41. The van der Waals surface area contributed by atoms with Crippen LogP contribution in [0.25, 0.3) is 0 Å². The molecule has 4 aliphatic carbocycles. The second kappa shape index (κ2) is 10.4. The lowest BCUT2D eigenvalue weighted by atomic mass is 9.45. The first kappa shape index (κ1) is 27.0. The molecule has 0 aromatic rings. The number of carbonyl (C=O) groups is 1. The first-order valence-electron chi connectivity index (χ1n) is 12.8. The number of hydrogen-bond donors (Lipinski definition) is 2. The number of rotatable bonds is 7. The molecular weight excluding hydrogens is 500 g/mol. The molecule has 0 saturated heterocycles. The van der Waals surface area contributed by atoms with Gasteiger partial charge >= 0.3 is 13.9 Å². The number of alkyl halides is 2. The van der Waals surface area contributed by atoms with E-state index in [4.69, 9.17) is 32.5 Å². The van der Waals surface area contributed by atoms with Crippen LogP contribution in [0.2, 0.25) is 0 Å². The van der Waals surface area contributed by atoms with Gasteiger partial charge in [0.15, 0.2) is 0 Å². The second-order valence-corrected chi connectivity index (χ2v) is 13.5. The summed E-state index contributed by atoms with van der Waals surface area (Å²) in [4.78, 5) is 33.1. The first-order chi connectivity index (χ1) is 16.0. The standard InChI is InChI=1S/C24H40Cl2NO6P/c1-23-9-7-17(32-22(28)27(13-11-25)14-12-26)15-16(23)3-4-18-19-5-6-21(33-34(29,30)31)24(19,2)10-8-20(18)23/h16-21H,3-15H2,1-2H3,(H2,29,30,31). The molecule has 196 valence electrons. The van der Waals surface area contributed by atoms with E-state index in [0.29, 0.717) is 48.5 Å². The highest BCUT2D eigenvalue weighted by molar-refractivity contribution is 7.46. The lowest BCUT2D eigenvalue weighted by Crippen LogP contribution is -2.55. The molecule has 7 nitrogen and oxygen atoms in total. The summed E-state index contributed by atoms with van der Waals surface area (Å²) in [5, 5.41) is 0. The van der Waals surface area contributed by atoms with E-state index in [9.17, 15) is 19.1 Å². The van der Waals surface area contributed by atoms with Crippen molar-refractivity contribution in [3.8, 4) is 0 Å². The Morgan fingerprint density at radius 1 is 0.971 bits per heavy atom. The smallest absolute Gasteiger partial charge is 0.446 e. The van der Waals surface area contributed by atoms with E-state index in [1.807, 2.05) is 0 Å². The van der Waals surface area contributed by atoms with Crippen LogP contribution in [-0.4, -0.2) is 57.8 Å². The van der Waals surface area contributed by atoms with Gasteiger partial charge in [0.1, 0.15) is 6.10 Å². The Hall–Kier alpha value is -0.0400. The zero-order valence-corrected chi connectivity index (χ0v) is 22.7. The number of nitrogens with zero attached hydrogens (tertiary/aromatic N) is 1. The van der Waals surface area contributed by atoms with Gasteiger partial charge in [-0.15, -0.1) is 23.2 Å². The maximum Gasteiger partial charge on any atom is 0.469 e. The summed E-state index contributed by atoms with van der Waals surface area (Å²) in [6.45, 7) is 5.52. The molecule has 4 aliphatic rings. The van der Waals surface area contributed by atoms with Gasteiger partial charge < -0.3 is 19.4 Å². The topological polar surface area (TPSA) is 96.3 Å². The van der Waals surface area contributed by atoms with Gasteiger partial charge in [-0.05, 0) is 92.3 Å². The molecule has 4 rings (SSSR count). The Morgan fingerprint density at radius 2 is 1.62 bits per heavy atom. The highest BCUT2D eigenvalue weighted by Gasteiger charge is 2.61. The Morgan fingerprint density at radius 3 is 2.26 bits per heavy atom. The monoisotopic (exact) mass is 539 g/mol. The number of carbonyl (C=O) groups excluding carboxylic acids is 1. The third kappa shape index (κ3) is 5.17. The Kier molecular flexibility index (Phi) is 8.24. The van der Waals surface area contributed by atoms with Crippen LogP contribution in [0.3, 0.4) is 0 Å². The molecule has 0 radical (unpaired) electrons. The van der Waals surface area contributed by atoms with Gasteiger partial charge in [-0.25, -0.2) is 9.36 Å². The van der Waals surface area contributed by atoms with Gasteiger partial charge in [-0.3, -0.25) is 4.52 Å². The minimum Gasteiger partial charge on any atom is -0.446 e. The van der Waals surface area contributed by atoms with Crippen LogP contribution >= 0.6 is 31.0 Å². The van der Waals surface area contributed by atoms with Crippen molar-refractivity contribution in [2.24, 2.45) is 34.5 Å². The van der Waals surface area contributed by atoms with Gasteiger partial charge in [-0.2, -0.15) is 0 Å². The van der Waals surface area contributed by atoms with Crippen molar-refractivity contribution >= 4 is 37.1 Å². The quantitative estimate of drug-likeness (QED) is 0.314. The Labute approximate surface area is 213 Å². The van der Waals surface area contributed by atoms with Crippen molar-refractivity contribution in [1.82, 2.24) is 4.90 Å². The highest BCUT2D eigenvalue weighted by atomic mass is 35.5. The normalized spacial score (nSPS) is 41.8. The molecule has 1 amide bonds. The molecule has 0 aromatic heterocycles. The molecular formula is C24H40Cl2NO6P. The van der Waals surface area contributed by atoms with Crippen molar-refractivity contribution < 1.29 is 28.4 Å². The minimum atomic E-state index is -4.49. The summed E-state index contributed by atoms with van der Waals surface area (Å²) in [5.41, 5.74) is 0.0633. The molecule has 2 N–H and O–H groups in total. The molecule has 0 heterocycles. The number of halogens is 2. The van der Waals surface area contributed by atoms with Crippen LogP contribution < -0.4 is 0 Å². The van der Waals surface area contributed by atoms with Crippen molar-refractivity contribution in [3.05, 3.63) is 0 Å². The van der Waals surface area contributed by atoms with E-state index >= 15 is 0 Å². The molecule has 0 bridgehead atoms. The minimum absolute atomic E-state index is 0.0587. The van der Waals surface area contributed by atoms with E-state index in [2.05, 4.69) is 13.8 Å². The van der Waals surface area contributed by atoms with E-state index in [1.54, 1.807) is 4.90 Å². The van der Waals surface area contributed by atoms with Crippen LogP contribution in [0.5, 0.6) is 0 Å². The van der Waals surface area contributed by atoms with Gasteiger partial charge in [0.2, 0.25) is 0 Å². The third-order valence-corrected chi connectivity index (χ3v) is 10.9. The second-order valence-electron chi connectivity index (χ2n) is 11.5. The summed E-state index contributed by atoms with van der Waals surface area (Å²) in [6.07, 6.45) is 8.12. The fourth-order valence-corrected chi connectivity index (χ4v) is 9.42. The Bertz CT molecular complexity index is 791. The predicted octanol–water partition coefficient (Wildman–Crippen LogP) is 5.79. The van der Waals surface area contributed by atoms with Crippen molar-refractivity contribution in [3.63, 3.8) is 0 Å². The van der Waals surface area contributed by atoms with Crippen LogP contribution in [0, 0.1) is 34.5 Å². The number of phosphoric acid groups is 1. The predicted molar refractivity (Wildman–Crippen MR) is 132 cm³/mol. The third-order valence-electron chi connectivity index (χ3n) is 10.0. The van der Waals surface area contributed by atoms with E-state index in [-0.39, 0.29) is 29.1 Å². The molecule has 4 fully saturated rings. The maximum absolute atomic E-state index is 12.7. The van der Waals surface area contributed by atoms with E-state index < -0.39 is 7.82 Å². The molecule has 0 spiro atoms. The van der Waals surface area contributed by atoms with Crippen LogP contribution in [0.15, 0.2) is 0 Å². The summed E-state index contributed by atoms with van der Waals surface area (Å²) >= 11 is 11.7. The zero-order chi connectivity index (χ0) is 24.7. The van der Waals surface area contributed by atoms with E-state index in [0.717, 1.165) is 57.8 Å². The van der Waals surface area contributed by atoms with Gasteiger partial charge in [0.05, 0.1) is 6.10 Å². The lowest BCUT2D eigenvalue weighted by Gasteiger charge is -2.60. The summed E-state index contributed by atoms with van der Waals surface area (Å²) in [6, 6.07) is 0. The highest BCUT2D eigenvalue weighted by Crippen LogP contribution is 2.67. The molecule has 34 heavy (non-hydrogen) atoms. The van der Waals surface area contributed by atoms with Crippen molar-refractivity contribution in [2.75, 3.05) is 24.8 Å². The average molecular weight is 540 g/mol. The number of ether oxygens (including phenoxy) is 1. The number of phosphoric ester groups is 1. The van der Waals surface area contributed by atoms with Crippen LogP contribution in [0.4, 0.5) is 4.79 Å². The molecule has 10 heteroatoms. The van der Waals surface area contributed by atoms with Gasteiger partial charge in [0.25, 0.3) is 0 Å².